The van der Waals surface area contributed by atoms with Gasteiger partial charge in [0.1, 0.15) is 0 Å². The lowest BCUT2D eigenvalue weighted by atomic mass is 10.2. The van der Waals surface area contributed by atoms with Crippen LogP contribution >= 0.6 is 23.1 Å². The smallest absolute Gasteiger partial charge is 0.251 e. The molecule has 2 N–H and O–H groups in total. The van der Waals surface area contributed by atoms with Gasteiger partial charge < -0.3 is 24.7 Å². The number of thiazole rings is 1. The first-order chi connectivity index (χ1) is 16.6. The molecule has 0 unspecified atom stereocenters. The zero-order valence-electron chi connectivity index (χ0n) is 18.1. The van der Waals surface area contributed by atoms with Crippen LogP contribution in [0, 0.1) is 0 Å². The monoisotopic (exact) mass is 496 g/mol. The van der Waals surface area contributed by atoms with Crippen molar-refractivity contribution in [2.45, 2.75) is 25.2 Å². The van der Waals surface area contributed by atoms with Gasteiger partial charge in [-0.2, -0.15) is 0 Å². The molecule has 0 saturated carbocycles. The number of carbonyl (C=O) groups is 2. The minimum Gasteiger partial charge on any atom is -0.454 e. The molecule has 12 heteroatoms. The third kappa shape index (κ3) is 4.68. The lowest BCUT2D eigenvalue weighted by molar-refractivity contribution is -0.113. The number of thioether (sulfide) groups is 1. The molecule has 0 bridgehead atoms. The summed E-state index contributed by atoms with van der Waals surface area (Å²) < 4.78 is 13.5. The number of nitrogens with one attached hydrogen (secondary N) is 2. The maximum absolute atomic E-state index is 12.5. The minimum absolute atomic E-state index is 0.152. The molecule has 0 atom stereocenters. The van der Waals surface area contributed by atoms with Crippen molar-refractivity contribution in [2.75, 3.05) is 17.9 Å². The van der Waals surface area contributed by atoms with Gasteiger partial charge in [-0.05, 0) is 37.3 Å². The van der Waals surface area contributed by atoms with Crippen LogP contribution in [-0.4, -0.2) is 44.1 Å². The van der Waals surface area contributed by atoms with E-state index in [-0.39, 0.29) is 30.9 Å². The second kappa shape index (κ2) is 9.69. The molecule has 3 heterocycles. The van der Waals surface area contributed by atoms with Crippen molar-refractivity contribution < 1.29 is 19.1 Å². The van der Waals surface area contributed by atoms with Crippen LogP contribution in [0.25, 0.3) is 10.2 Å². The number of nitrogens with zero attached hydrogens (tertiary/aromatic N) is 4. The first-order valence-electron chi connectivity index (χ1n) is 10.5. The highest BCUT2D eigenvalue weighted by atomic mass is 32.2. The summed E-state index contributed by atoms with van der Waals surface area (Å²) in [5.41, 5.74) is 1.32. The molecule has 2 amide bonds. The highest BCUT2D eigenvalue weighted by molar-refractivity contribution is 7.99. The number of aromatic nitrogens is 4. The number of amides is 2. The predicted octanol–water partition coefficient (Wildman–Crippen LogP) is 3.30. The second-order valence-corrected chi connectivity index (χ2v) is 9.19. The summed E-state index contributed by atoms with van der Waals surface area (Å²) in [7, 11) is 0. The Balaban J connectivity index is 1.17. The average molecular weight is 497 g/mol. The number of fused-ring (bicyclic) bond motifs is 2. The van der Waals surface area contributed by atoms with Crippen molar-refractivity contribution in [1.29, 1.82) is 0 Å². The predicted molar refractivity (Wildman–Crippen MR) is 128 cm³/mol. The van der Waals surface area contributed by atoms with E-state index in [1.807, 2.05) is 35.8 Å². The second-order valence-electron chi connectivity index (χ2n) is 7.22. The zero-order chi connectivity index (χ0) is 23.5. The molecule has 1 aliphatic heterocycles. The molecule has 0 spiro atoms. The van der Waals surface area contributed by atoms with Crippen LogP contribution in [0.1, 0.15) is 23.1 Å². The lowest BCUT2D eigenvalue weighted by Crippen LogP contribution is -2.24. The Morgan fingerprint density at radius 2 is 2.00 bits per heavy atom. The maximum Gasteiger partial charge on any atom is 0.251 e. The van der Waals surface area contributed by atoms with Crippen molar-refractivity contribution in [3.05, 3.63) is 53.9 Å². The molecule has 10 nitrogen and oxygen atoms in total. The quantitative estimate of drug-likeness (QED) is 0.357. The summed E-state index contributed by atoms with van der Waals surface area (Å²) in [6.45, 7) is 2.91. The van der Waals surface area contributed by atoms with E-state index in [0.29, 0.717) is 39.7 Å². The summed E-state index contributed by atoms with van der Waals surface area (Å²) in [5.74, 6) is 1.51. The largest absolute Gasteiger partial charge is 0.454 e. The molecule has 0 fully saturated rings. The molecule has 4 aromatic rings. The number of hydrogen-bond donors (Lipinski definition) is 2. The van der Waals surface area contributed by atoms with Crippen molar-refractivity contribution in [1.82, 2.24) is 25.1 Å². The van der Waals surface area contributed by atoms with Crippen molar-refractivity contribution in [2.24, 2.45) is 0 Å². The number of benzene rings is 2. The van der Waals surface area contributed by atoms with Gasteiger partial charge >= 0.3 is 0 Å². The number of ether oxygens (including phenoxy) is 2. The van der Waals surface area contributed by atoms with Gasteiger partial charge in [0, 0.05) is 12.1 Å². The summed E-state index contributed by atoms with van der Waals surface area (Å²) in [6, 6.07) is 12.8. The maximum atomic E-state index is 12.5. The highest BCUT2D eigenvalue weighted by Gasteiger charge is 2.18. The average Bonchev–Trinajstić information content (AvgIpc) is 3.57. The first-order valence-corrected chi connectivity index (χ1v) is 12.3. The summed E-state index contributed by atoms with van der Waals surface area (Å²) in [4.78, 5) is 29.4. The Kier molecular flexibility index (Phi) is 6.32. The van der Waals surface area contributed by atoms with Crippen molar-refractivity contribution in [3.8, 4) is 11.5 Å². The fourth-order valence-corrected chi connectivity index (χ4v) is 5.09. The van der Waals surface area contributed by atoms with Crippen LogP contribution in [0.3, 0.4) is 0 Å². The third-order valence-electron chi connectivity index (χ3n) is 5.02. The molecule has 0 saturated heterocycles. The Labute approximate surface area is 202 Å². The van der Waals surface area contributed by atoms with E-state index in [2.05, 4.69) is 25.8 Å². The zero-order valence-corrected chi connectivity index (χ0v) is 19.7. The van der Waals surface area contributed by atoms with Gasteiger partial charge in [0.2, 0.25) is 12.7 Å². The van der Waals surface area contributed by atoms with Gasteiger partial charge in [0.05, 0.1) is 22.5 Å². The third-order valence-corrected chi connectivity index (χ3v) is 6.94. The van der Waals surface area contributed by atoms with E-state index < -0.39 is 0 Å². The minimum atomic E-state index is -0.256. The van der Waals surface area contributed by atoms with E-state index in [9.17, 15) is 9.59 Å². The topological polar surface area (TPSA) is 120 Å². The molecule has 34 heavy (non-hydrogen) atoms. The van der Waals surface area contributed by atoms with E-state index in [1.165, 1.54) is 23.1 Å². The van der Waals surface area contributed by atoms with E-state index in [1.54, 1.807) is 18.2 Å². The number of carbonyl (C=O) groups excluding carboxylic acids is 2. The van der Waals surface area contributed by atoms with Crippen LogP contribution in [0.2, 0.25) is 0 Å². The van der Waals surface area contributed by atoms with Crippen LogP contribution < -0.4 is 20.1 Å². The summed E-state index contributed by atoms with van der Waals surface area (Å²) >= 11 is 2.71. The van der Waals surface area contributed by atoms with Crippen molar-refractivity contribution >= 4 is 50.3 Å². The lowest BCUT2D eigenvalue weighted by Gasteiger charge is -2.09. The van der Waals surface area contributed by atoms with Crippen LogP contribution in [0.4, 0.5) is 5.13 Å². The van der Waals surface area contributed by atoms with E-state index in [0.717, 1.165) is 10.2 Å². The Morgan fingerprint density at radius 1 is 1.15 bits per heavy atom. The fourth-order valence-electron chi connectivity index (χ4n) is 3.38. The van der Waals surface area contributed by atoms with Gasteiger partial charge in [-0.15, -0.1) is 10.2 Å². The van der Waals surface area contributed by atoms with Crippen LogP contribution in [0.5, 0.6) is 11.5 Å². The Hall–Kier alpha value is -3.64. The van der Waals surface area contributed by atoms with E-state index in [4.69, 9.17) is 9.47 Å². The molecule has 1 aliphatic rings. The Morgan fingerprint density at radius 3 is 2.85 bits per heavy atom. The standard InChI is InChI=1S/C22H20N6O4S2/c1-2-28-18(10-23-20(30)13-7-8-15-16(9-13)32-12-31-15)26-27-22(28)33-11-19(29)25-21-24-14-5-3-4-6-17(14)34-21/h3-9H,2,10-12H2,1H3,(H,23,30)(H,24,25,29). The van der Waals surface area contributed by atoms with Gasteiger partial charge in [-0.1, -0.05) is 35.2 Å². The number of rotatable bonds is 8. The first kappa shape index (κ1) is 22.2. The normalized spacial score (nSPS) is 12.1. The molecule has 0 radical (unpaired) electrons. The molecule has 174 valence electrons. The highest BCUT2D eigenvalue weighted by Crippen LogP contribution is 2.32. The van der Waals surface area contributed by atoms with Crippen LogP contribution in [0.15, 0.2) is 47.6 Å². The van der Waals surface area contributed by atoms with Crippen LogP contribution in [-0.2, 0) is 17.9 Å². The number of anilines is 1. The number of hydrogen-bond acceptors (Lipinski definition) is 9. The van der Waals surface area contributed by atoms with Gasteiger partial charge in [0.25, 0.3) is 5.91 Å². The molecule has 0 aliphatic carbocycles. The van der Waals surface area contributed by atoms with Gasteiger partial charge in [-0.3, -0.25) is 9.59 Å². The Bertz CT molecular complexity index is 1340. The SMILES string of the molecule is CCn1c(CNC(=O)c2ccc3c(c2)OCO3)nnc1SCC(=O)Nc1nc2ccccc2s1. The molecule has 2 aromatic carbocycles. The summed E-state index contributed by atoms with van der Waals surface area (Å²) in [5, 5.41) is 15.2. The number of para-hydroxylation sites is 1. The van der Waals surface area contributed by atoms with E-state index >= 15 is 0 Å². The summed E-state index contributed by atoms with van der Waals surface area (Å²) in [6.07, 6.45) is 0. The van der Waals surface area contributed by atoms with Gasteiger partial charge in [-0.25, -0.2) is 4.98 Å². The molecular weight excluding hydrogens is 476 g/mol. The van der Waals surface area contributed by atoms with Crippen molar-refractivity contribution in [3.63, 3.8) is 0 Å². The molecule has 5 rings (SSSR count). The molecule has 2 aromatic heterocycles. The van der Waals surface area contributed by atoms with Gasteiger partial charge in [0.15, 0.2) is 27.6 Å². The molecular formula is C22H20N6O4S2. The fraction of sp³-hybridized carbons (Fsp3) is 0.227.